The molecule has 0 amide bonds. The van der Waals surface area contributed by atoms with Crippen molar-refractivity contribution >= 4 is 26.7 Å². The molecular weight excluding hydrogens is 410 g/mol. The lowest BCUT2D eigenvalue weighted by Gasteiger charge is -2.38. The molecule has 0 saturated carbocycles. The molecule has 31 heavy (non-hydrogen) atoms. The van der Waals surface area contributed by atoms with Crippen molar-refractivity contribution in [2.24, 2.45) is 0 Å². The normalized spacial score (nSPS) is 16.2. The SMILES string of the molecule is CCCC[C@@H](c1nnnn1Cc1ccco1)N1CCN(c2nc3ccccc3s2)CC1. The molecule has 0 N–H and O–H groups in total. The van der Waals surface area contributed by atoms with Crippen molar-refractivity contribution in [3.8, 4) is 0 Å². The van der Waals surface area contributed by atoms with Gasteiger partial charge in [-0.1, -0.05) is 43.2 Å². The molecule has 8 nitrogen and oxygen atoms in total. The maximum Gasteiger partial charge on any atom is 0.186 e. The molecule has 162 valence electrons. The van der Waals surface area contributed by atoms with Gasteiger partial charge in [-0.15, -0.1) is 5.10 Å². The number of thiazole rings is 1. The van der Waals surface area contributed by atoms with Crippen LogP contribution in [0.2, 0.25) is 0 Å². The molecule has 1 aliphatic heterocycles. The molecule has 1 atom stereocenters. The molecule has 5 rings (SSSR count). The van der Waals surface area contributed by atoms with Crippen molar-refractivity contribution < 1.29 is 4.42 Å². The van der Waals surface area contributed by atoms with Gasteiger partial charge >= 0.3 is 0 Å². The second kappa shape index (κ2) is 9.15. The fraction of sp³-hybridized carbons (Fsp3) is 0.455. The zero-order valence-corrected chi connectivity index (χ0v) is 18.5. The summed E-state index contributed by atoms with van der Waals surface area (Å²) in [6.45, 7) is 6.65. The fourth-order valence-electron chi connectivity index (χ4n) is 4.21. The van der Waals surface area contributed by atoms with Crippen molar-refractivity contribution in [3.63, 3.8) is 0 Å². The van der Waals surface area contributed by atoms with Gasteiger partial charge in [0.1, 0.15) is 12.3 Å². The Hall–Kier alpha value is -2.78. The summed E-state index contributed by atoms with van der Waals surface area (Å²) in [6, 6.07) is 12.4. The number of benzene rings is 1. The van der Waals surface area contributed by atoms with E-state index in [9.17, 15) is 0 Å². The Bertz CT molecular complexity index is 1070. The summed E-state index contributed by atoms with van der Waals surface area (Å²) in [7, 11) is 0. The van der Waals surface area contributed by atoms with E-state index in [0.717, 1.165) is 67.7 Å². The number of para-hydroxylation sites is 1. The number of unbranched alkanes of at least 4 members (excludes halogenated alkanes) is 1. The molecule has 0 unspecified atom stereocenters. The standard InChI is InChI=1S/C22H27N7OS/c1-2-3-9-19(21-24-25-26-29(21)16-17-7-6-15-30-17)27-11-13-28(14-12-27)22-23-18-8-4-5-10-20(18)31-22/h4-8,10,15,19H,2-3,9,11-14,16H2,1H3/t19-/m0/s1. The summed E-state index contributed by atoms with van der Waals surface area (Å²) >= 11 is 1.78. The number of tetrazole rings is 1. The summed E-state index contributed by atoms with van der Waals surface area (Å²) in [4.78, 5) is 9.78. The van der Waals surface area contributed by atoms with Crippen LogP contribution >= 0.6 is 11.3 Å². The van der Waals surface area contributed by atoms with Gasteiger partial charge in [-0.3, -0.25) is 4.90 Å². The quantitative estimate of drug-likeness (QED) is 0.413. The Morgan fingerprint density at radius 2 is 1.97 bits per heavy atom. The Kier molecular flexibility index (Phi) is 5.95. The molecule has 1 aromatic carbocycles. The summed E-state index contributed by atoms with van der Waals surface area (Å²) < 4.78 is 8.65. The van der Waals surface area contributed by atoms with Gasteiger partial charge < -0.3 is 9.32 Å². The average molecular weight is 438 g/mol. The highest BCUT2D eigenvalue weighted by atomic mass is 32.1. The molecular formula is C22H27N7OS. The van der Waals surface area contributed by atoms with E-state index >= 15 is 0 Å². The number of rotatable bonds is 8. The Morgan fingerprint density at radius 3 is 2.74 bits per heavy atom. The van der Waals surface area contributed by atoms with E-state index in [-0.39, 0.29) is 6.04 Å². The maximum absolute atomic E-state index is 5.51. The van der Waals surface area contributed by atoms with Gasteiger partial charge in [-0.05, 0) is 41.1 Å². The zero-order chi connectivity index (χ0) is 21.0. The number of fused-ring (bicyclic) bond motifs is 1. The van der Waals surface area contributed by atoms with Gasteiger partial charge in [0.25, 0.3) is 0 Å². The van der Waals surface area contributed by atoms with Crippen LogP contribution in [-0.4, -0.2) is 56.3 Å². The maximum atomic E-state index is 5.51. The predicted octanol–water partition coefficient (Wildman–Crippen LogP) is 3.98. The number of hydrogen-bond donors (Lipinski definition) is 0. The lowest BCUT2D eigenvalue weighted by Crippen LogP contribution is -2.48. The van der Waals surface area contributed by atoms with Crippen LogP contribution in [0.15, 0.2) is 47.1 Å². The van der Waals surface area contributed by atoms with Gasteiger partial charge in [0, 0.05) is 26.2 Å². The molecule has 0 spiro atoms. The molecule has 1 fully saturated rings. The molecule has 0 bridgehead atoms. The predicted molar refractivity (Wildman–Crippen MR) is 121 cm³/mol. The first-order valence-corrected chi connectivity index (χ1v) is 11.8. The summed E-state index contributed by atoms with van der Waals surface area (Å²) in [5, 5.41) is 13.8. The molecule has 0 aliphatic carbocycles. The minimum absolute atomic E-state index is 0.211. The second-order valence-electron chi connectivity index (χ2n) is 7.92. The molecule has 9 heteroatoms. The van der Waals surface area contributed by atoms with Crippen LogP contribution in [0.4, 0.5) is 5.13 Å². The van der Waals surface area contributed by atoms with E-state index in [1.165, 1.54) is 4.70 Å². The molecule has 0 radical (unpaired) electrons. The first-order valence-electron chi connectivity index (χ1n) is 10.9. The van der Waals surface area contributed by atoms with Crippen LogP contribution in [0.3, 0.4) is 0 Å². The highest BCUT2D eigenvalue weighted by molar-refractivity contribution is 7.22. The first kappa shape index (κ1) is 20.1. The van der Waals surface area contributed by atoms with E-state index in [4.69, 9.17) is 9.40 Å². The monoisotopic (exact) mass is 437 g/mol. The Balaban J connectivity index is 1.31. The summed E-state index contributed by atoms with van der Waals surface area (Å²) in [6.07, 6.45) is 5.05. The van der Waals surface area contributed by atoms with E-state index in [1.807, 2.05) is 16.8 Å². The zero-order valence-electron chi connectivity index (χ0n) is 17.7. The Morgan fingerprint density at radius 1 is 1.10 bits per heavy atom. The van der Waals surface area contributed by atoms with E-state index in [2.05, 4.69) is 56.5 Å². The van der Waals surface area contributed by atoms with Crippen LogP contribution in [0.25, 0.3) is 10.2 Å². The number of aromatic nitrogens is 5. The smallest absolute Gasteiger partial charge is 0.186 e. The van der Waals surface area contributed by atoms with Gasteiger partial charge in [0.2, 0.25) is 0 Å². The van der Waals surface area contributed by atoms with Gasteiger partial charge in [0.15, 0.2) is 11.0 Å². The van der Waals surface area contributed by atoms with Crippen molar-refractivity contribution in [1.82, 2.24) is 30.1 Å². The van der Waals surface area contributed by atoms with Crippen LogP contribution in [-0.2, 0) is 6.54 Å². The number of furan rings is 1. The third kappa shape index (κ3) is 4.33. The lowest BCUT2D eigenvalue weighted by molar-refractivity contribution is 0.162. The van der Waals surface area contributed by atoms with E-state index in [0.29, 0.717) is 6.54 Å². The number of piperazine rings is 1. The highest BCUT2D eigenvalue weighted by Crippen LogP contribution is 2.31. The van der Waals surface area contributed by atoms with Crippen LogP contribution in [0, 0.1) is 0 Å². The molecule has 4 aromatic rings. The number of nitrogens with zero attached hydrogens (tertiary/aromatic N) is 7. The average Bonchev–Trinajstić information content (AvgIpc) is 3.56. The summed E-state index contributed by atoms with van der Waals surface area (Å²) in [5.74, 6) is 1.79. The van der Waals surface area contributed by atoms with Crippen molar-refractivity contribution in [2.45, 2.75) is 38.8 Å². The lowest BCUT2D eigenvalue weighted by atomic mass is 10.1. The van der Waals surface area contributed by atoms with E-state index < -0.39 is 0 Å². The summed E-state index contributed by atoms with van der Waals surface area (Å²) in [5.41, 5.74) is 1.09. The first-order chi connectivity index (χ1) is 15.3. The third-order valence-electron chi connectivity index (χ3n) is 5.88. The van der Waals surface area contributed by atoms with Gasteiger partial charge in [-0.2, -0.15) is 0 Å². The molecule has 1 aliphatic rings. The molecule has 3 aromatic heterocycles. The van der Waals surface area contributed by atoms with Crippen LogP contribution in [0.1, 0.15) is 43.8 Å². The Labute approximate surface area is 185 Å². The number of anilines is 1. The molecule has 1 saturated heterocycles. The number of hydrogen-bond acceptors (Lipinski definition) is 8. The largest absolute Gasteiger partial charge is 0.467 e. The van der Waals surface area contributed by atoms with Crippen LogP contribution in [0.5, 0.6) is 0 Å². The minimum atomic E-state index is 0.211. The second-order valence-corrected chi connectivity index (χ2v) is 8.93. The third-order valence-corrected chi connectivity index (χ3v) is 6.98. The highest BCUT2D eigenvalue weighted by Gasteiger charge is 2.29. The van der Waals surface area contributed by atoms with Crippen molar-refractivity contribution in [1.29, 1.82) is 0 Å². The minimum Gasteiger partial charge on any atom is -0.467 e. The van der Waals surface area contributed by atoms with Gasteiger partial charge in [0.05, 0.1) is 22.5 Å². The van der Waals surface area contributed by atoms with Gasteiger partial charge in [-0.25, -0.2) is 9.67 Å². The topological polar surface area (TPSA) is 76.1 Å². The van der Waals surface area contributed by atoms with E-state index in [1.54, 1.807) is 17.6 Å². The van der Waals surface area contributed by atoms with Crippen LogP contribution < -0.4 is 4.90 Å². The molecule has 4 heterocycles. The van der Waals surface area contributed by atoms with Crippen molar-refractivity contribution in [3.05, 3.63) is 54.2 Å². The fourth-order valence-corrected chi connectivity index (χ4v) is 5.22. The van der Waals surface area contributed by atoms with Crippen molar-refractivity contribution in [2.75, 3.05) is 31.1 Å².